The van der Waals surface area contributed by atoms with Crippen LogP contribution in [-0.2, 0) is 11.2 Å². The molecule has 0 aromatic heterocycles. The number of anilines is 1. The Kier molecular flexibility index (Phi) is 3.39. The number of nitrogens with two attached hydrogens (primary N) is 1. The van der Waals surface area contributed by atoms with Crippen LogP contribution in [0.3, 0.4) is 0 Å². The normalized spacial score (nSPS) is 14.5. The molecule has 0 spiro atoms. The van der Waals surface area contributed by atoms with Gasteiger partial charge in [0.05, 0.1) is 19.6 Å². The molecule has 0 saturated carbocycles. The fraction of sp³-hybridized carbons (Fsp3) is 0.235. The van der Waals surface area contributed by atoms with Crippen molar-refractivity contribution in [1.29, 1.82) is 0 Å². The number of aryl methyl sites for hydroxylation is 1. The molecule has 3 rings (SSSR count). The molecule has 1 aliphatic rings. The summed E-state index contributed by atoms with van der Waals surface area (Å²) in [5.74, 6) is 0.831. The lowest BCUT2D eigenvalue weighted by Gasteiger charge is -2.16. The molecule has 3 N–H and O–H groups in total. The monoisotopic (exact) mass is 282 g/mol. The van der Waals surface area contributed by atoms with Crippen molar-refractivity contribution < 1.29 is 9.53 Å². The van der Waals surface area contributed by atoms with E-state index in [1.54, 1.807) is 7.11 Å². The summed E-state index contributed by atoms with van der Waals surface area (Å²) in [6.07, 6.45) is 0.425. The zero-order valence-electron chi connectivity index (χ0n) is 12.1. The highest BCUT2D eigenvalue weighted by Crippen LogP contribution is 2.32. The van der Waals surface area contributed by atoms with E-state index in [1.807, 2.05) is 43.3 Å². The number of methoxy groups -OCH3 is 1. The van der Waals surface area contributed by atoms with Crippen LogP contribution < -0.4 is 15.8 Å². The predicted molar refractivity (Wildman–Crippen MR) is 82.5 cm³/mol. The number of rotatable bonds is 3. The molecule has 0 aliphatic carbocycles. The largest absolute Gasteiger partial charge is 0.497 e. The van der Waals surface area contributed by atoms with Crippen molar-refractivity contribution in [2.45, 2.75) is 19.4 Å². The Balaban J connectivity index is 1.98. The number of ether oxygens (including phenoxy) is 1. The second kappa shape index (κ2) is 5.22. The van der Waals surface area contributed by atoms with Gasteiger partial charge in [-0.1, -0.05) is 24.3 Å². The fourth-order valence-electron chi connectivity index (χ4n) is 2.77. The Hall–Kier alpha value is -2.33. The number of nitrogens with one attached hydrogen (secondary N) is 1. The van der Waals surface area contributed by atoms with Crippen molar-refractivity contribution in [2.24, 2.45) is 5.73 Å². The molecule has 1 heterocycles. The van der Waals surface area contributed by atoms with E-state index in [1.165, 1.54) is 0 Å². The summed E-state index contributed by atoms with van der Waals surface area (Å²) in [7, 11) is 1.64. The first-order chi connectivity index (χ1) is 10.1. The second-order valence-electron chi connectivity index (χ2n) is 5.35. The molecule has 2 aromatic carbocycles. The van der Waals surface area contributed by atoms with Crippen molar-refractivity contribution in [3.8, 4) is 5.75 Å². The molecular formula is C17H18N2O2. The molecule has 1 atom stereocenters. The first-order valence-electron chi connectivity index (χ1n) is 6.91. The lowest BCUT2D eigenvalue weighted by molar-refractivity contribution is -0.115. The quantitative estimate of drug-likeness (QED) is 0.909. The highest BCUT2D eigenvalue weighted by atomic mass is 16.5. The van der Waals surface area contributed by atoms with Gasteiger partial charge in [-0.25, -0.2) is 0 Å². The SMILES string of the molecule is COc1cccc(C(N)c2cc(C)c3c(c2)CC(=O)N3)c1. The predicted octanol–water partition coefficient (Wildman–Crippen LogP) is 2.55. The first kappa shape index (κ1) is 13.6. The molecule has 2 aromatic rings. The van der Waals surface area contributed by atoms with Crippen molar-refractivity contribution in [1.82, 2.24) is 0 Å². The minimum atomic E-state index is -0.236. The summed E-state index contributed by atoms with van der Waals surface area (Å²) in [6, 6.07) is 11.6. The Morgan fingerprint density at radius 1 is 1.24 bits per heavy atom. The van der Waals surface area contributed by atoms with Gasteiger partial charge < -0.3 is 15.8 Å². The number of hydrogen-bond acceptors (Lipinski definition) is 3. The molecule has 1 aliphatic heterocycles. The Morgan fingerprint density at radius 2 is 2.05 bits per heavy atom. The highest BCUT2D eigenvalue weighted by Gasteiger charge is 2.22. The van der Waals surface area contributed by atoms with Crippen LogP contribution in [0.5, 0.6) is 5.75 Å². The molecule has 4 heteroatoms. The number of carbonyl (C=O) groups excluding carboxylic acids is 1. The lowest BCUT2D eigenvalue weighted by Crippen LogP contribution is -2.12. The van der Waals surface area contributed by atoms with E-state index in [9.17, 15) is 4.79 Å². The molecule has 0 saturated heterocycles. The molecule has 21 heavy (non-hydrogen) atoms. The van der Waals surface area contributed by atoms with Crippen molar-refractivity contribution in [2.75, 3.05) is 12.4 Å². The number of carbonyl (C=O) groups is 1. The summed E-state index contributed by atoms with van der Waals surface area (Å²) in [5.41, 5.74) is 11.4. The van der Waals surface area contributed by atoms with Gasteiger partial charge in [0.2, 0.25) is 5.91 Å². The molecule has 0 radical (unpaired) electrons. The molecule has 0 fully saturated rings. The van der Waals surface area contributed by atoms with Crippen LogP contribution in [0.1, 0.15) is 28.3 Å². The molecule has 108 valence electrons. The maximum absolute atomic E-state index is 11.5. The fourth-order valence-corrected chi connectivity index (χ4v) is 2.77. The first-order valence-corrected chi connectivity index (χ1v) is 6.91. The molecule has 1 amide bonds. The van der Waals surface area contributed by atoms with Crippen LogP contribution in [0, 0.1) is 6.92 Å². The molecular weight excluding hydrogens is 264 g/mol. The topological polar surface area (TPSA) is 64.3 Å². The maximum atomic E-state index is 11.5. The highest BCUT2D eigenvalue weighted by molar-refractivity contribution is 6.00. The van der Waals surface area contributed by atoms with Crippen molar-refractivity contribution >= 4 is 11.6 Å². The summed E-state index contributed by atoms with van der Waals surface area (Å²) >= 11 is 0. The zero-order valence-corrected chi connectivity index (χ0v) is 12.1. The van der Waals surface area contributed by atoms with E-state index >= 15 is 0 Å². The third-order valence-electron chi connectivity index (χ3n) is 3.87. The number of hydrogen-bond donors (Lipinski definition) is 2. The van der Waals surface area contributed by atoms with Gasteiger partial charge >= 0.3 is 0 Å². The van der Waals surface area contributed by atoms with E-state index in [0.29, 0.717) is 6.42 Å². The smallest absolute Gasteiger partial charge is 0.228 e. The van der Waals surface area contributed by atoms with E-state index in [2.05, 4.69) is 5.32 Å². The zero-order chi connectivity index (χ0) is 15.0. The van der Waals surface area contributed by atoms with Gasteiger partial charge in [-0.2, -0.15) is 0 Å². The number of benzene rings is 2. The third kappa shape index (κ3) is 2.50. The summed E-state index contributed by atoms with van der Waals surface area (Å²) in [6.45, 7) is 1.99. The van der Waals surface area contributed by atoms with Crippen LogP contribution in [0.4, 0.5) is 5.69 Å². The average molecular weight is 282 g/mol. The molecule has 4 nitrogen and oxygen atoms in total. The standard InChI is InChI=1S/C17H18N2O2/c1-10-6-12(7-13-9-15(20)19-17(10)13)16(18)11-4-3-5-14(8-11)21-2/h3-8,16H,9,18H2,1-2H3,(H,19,20). The second-order valence-corrected chi connectivity index (χ2v) is 5.35. The van der Waals surface area contributed by atoms with Gasteiger partial charge in [0.15, 0.2) is 0 Å². The van der Waals surface area contributed by atoms with E-state index in [0.717, 1.165) is 33.7 Å². The van der Waals surface area contributed by atoms with Gasteiger partial charge in [0, 0.05) is 5.69 Å². The van der Waals surface area contributed by atoms with Crippen LogP contribution in [-0.4, -0.2) is 13.0 Å². The van der Waals surface area contributed by atoms with Gasteiger partial charge in [-0.3, -0.25) is 4.79 Å². The number of fused-ring (bicyclic) bond motifs is 1. The van der Waals surface area contributed by atoms with Crippen LogP contribution in [0.2, 0.25) is 0 Å². The Bertz CT molecular complexity index is 710. The molecule has 1 unspecified atom stereocenters. The number of amides is 1. The van der Waals surface area contributed by atoms with E-state index in [-0.39, 0.29) is 11.9 Å². The van der Waals surface area contributed by atoms with Crippen LogP contribution in [0.25, 0.3) is 0 Å². The molecule has 0 bridgehead atoms. The minimum absolute atomic E-state index is 0.0419. The van der Waals surface area contributed by atoms with Gasteiger partial charge in [-0.05, 0) is 41.3 Å². The van der Waals surface area contributed by atoms with Crippen molar-refractivity contribution in [3.63, 3.8) is 0 Å². The maximum Gasteiger partial charge on any atom is 0.228 e. The van der Waals surface area contributed by atoms with Crippen LogP contribution in [0.15, 0.2) is 36.4 Å². The third-order valence-corrected chi connectivity index (χ3v) is 3.87. The summed E-state index contributed by atoms with van der Waals surface area (Å²) in [4.78, 5) is 11.5. The van der Waals surface area contributed by atoms with Crippen molar-refractivity contribution in [3.05, 3.63) is 58.7 Å². The Labute approximate surface area is 123 Å². The average Bonchev–Trinajstić information content (AvgIpc) is 2.87. The van der Waals surface area contributed by atoms with Gasteiger partial charge in [-0.15, -0.1) is 0 Å². The van der Waals surface area contributed by atoms with E-state index < -0.39 is 0 Å². The lowest BCUT2D eigenvalue weighted by atomic mass is 9.95. The van der Waals surface area contributed by atoms with Crippen LogP contribution >= 0.6 is 0 Å². The Morgan fingerprint density at radius 3 is 2.81 bits per heavy atom. The van der Waals surface area contributed by atoms with Gasteiger partial charge in [0.25, 0.3) is 0 Å². The summed E-state index contributed by atoms with van der Waals surface area (Å²) < 4.78 is 5.24. The summed E-state index contributed by atoms with van der Waals surface area (Å²) in [5, 5.41) is 2.89. The van der Waals surface area contributed by atoms with Gasteiger partial charge in [0.1, 0.15) is 5.75 Å². The van der Waals surface area contributed by atoms with E-state index in [4.69, 9.17) is 10.5 Å². The minimum Gasteiger partial charge on any atom is -0.497 e.